The lowest BCUT2D eigenvalue weighted by atomic mass is 9.83. The molecule has 1 aromatic carbocycles. The summed E-state index contributed by atoms with van der Waals surface area (Å²) >= 11 is 0. The maximum absolute atomic E-state index is 5.44. The monoisotopic (exact) mass is 360 g/mol. The van der Waals surface area contributed by atoms with Crippen LogP contribution in [0.2, 0.25) is 0 Å². The quantitative estimate of drug-likeness (QED) is 0.603. The molecule has 0 bridgehead atoms. The average Bonchev–Trinajstić information content (AvgIpc) is 3.13. The number of rotatable bonds is 6. The van der Waals surface area contributed by atoms with Crippen LogP contribution in [0.3, 0.4) is 0 Å². The summed E-state index contributed by atoms with van der Waals surface area (Å²) in [7, 11) is 6.19. The van der Waals surface area contributed by atoms with E-state index in [0.29, 0.717) is 19.4 Å². The highest BCUT2D eigenvalue weighted by atomic mass is 16.7. The summed E-state index contributed by atoms with van der Waals surface area (Å²) < 4.78 is 10.8. The molecular weight excluding hydrogens is 328 g/mol. The van der Waals surface area contributed by atoms with Crippen LogP contribution in [0.1, 0.15) is 37.7 Å². The predicted molar refractivity (Wildman–Crippen MR) is 105 cm³/mol. The fourth-order valence-corrected chi connectivity index (χ4v) is 3.95. The lowest BCUT2D eigenvalue weighted by Gasteiger charge is -2.35. The zero-order chi connectivity index (χ0) is 18.4. The lowest BCUT2D eigenvalue weighted by Crippen LogP contribution is -2.48. The predicted octanol–water partition coefficient (Wildman–Crippen LogP) is 2.59. The van der Waals surface area contributed by atoms with E-state index in [4.69, 9.17) is 9.47 Å². The van der Waals surface area contributed by atoms with E-state index in [-0.39, 0.29) is 0 Å². The van der Waals surface area contributed by atoms with Gasteiger partial charge in [-0.3, -0.25) is 4.99 Å². The third kappa shape index (κ3) is 4.81. The second kappa shape index (κ2) is 9.12. The minimum atomic E-state index is 0.308. The minimum Gasteiger partial charge on any atom is -0.454 e. The molecule has 144 valence electrons. The van der Waals surface area contributed by atoms with Crippen LogP contribution in [0.15, 0.2) is 23.2 Å². The van der Waals surface area contributed by atoms with Gasteiger partial charge in [-0.2, -0.15) is 0 Å². The number of nitrogens with one attached hydrogen (secondary N) is 2. The summed E-state index contributed by atoms with van der Waals surface area (Å²) in [5, 5.41) is 6.91. The van der Waals surface area contributed by atoms with E-state index in [1.807, 2.05) is 19.2 Å². The summed E-state index contributed by atoms with van der Waals surface area (Å²) in [6.07, 6.45) is 6.81. The molecule has 1 saturated carbocycles. The first-order valence-corrected chi connectivity index (χ1v) is 9.67. The van der Waals surface area contributed by atoms with Crippen molar-refractivity contribution in [3.8, 4) is 11.5 Å². The number of fused-ring (bicyclic) bond motifs is 1. The number of hydrogen-bond acceptors (Lipinski definition) is 4. The van der Waals surface area contributed by atoms with Crippen LogP contribution in [-0.4, -0.2) is 51.4 Å². The van der Waals surface area contributed by atoms with Crippen LogP contribution in [0.5, 0.6) is 11.5 Å². The molecule has 1 unspecified atom stereocenters. The second-order valence-electron chi connectivity index (χ2n) is 7.42. The number of likely N-dealkylation sites (N-methyl/N-ethyl adjacent to an activating group) is 1. The van der Waals surface area contributed by atoms with Gasteiger partial charge in [-0.1, -0.05) is 25.3 Å². The van der Waals surface area contributed by atoms with E-state index in [1.165, 1.54) is 32.1 Å². The Morgan fingerprint density at radius 3 is 2.65 bits per heavy atom. The maximum Gasteiger partial charge on any atom is 0.231 e. The van der Waals surface area contributed by atoms with Gasteiger partial charge >= 0.3 is 0 Å². The number of hydrogen-bond donors (Lipinski definition) is 2. The van der Waals surface area contributed by atoms with E-state index in [0.717, 1.165) is 35.5 Å². The van der Waals surface area contributed by atoms with Crippen molar-refractivity contribution >= 4 is 5.96 Å². The molecule has 6 nitrogen and oxygen atoms in total. The second-order valence-corrected chi connectivity index (χ2v) is 7.42. The highest BCUT2D eigenvalue weighted by Crippen LogP contribution is 2.32. The van der Waals surface area contributed by atoms with Crippen LogP contribution >= 0.6 is 0 Å². The molecule has 0 aromatic heterocycles. The fraction of sp³-hybridized carbons (Fsp3) is 0.650. The largest absolute Gasteiger partial charge is 0.454 e. The van der Waals surface area contributed by atoms with Crippen LogP contribution in [0.4, 0.5) is 0 Å². The van der Waals surface area contributed by atoms with Crippen molar-refractivity contribution in [3.63, 3.8) is 0 Å². The van der Waals surface area contributed by atoms with Crippen LogP contribution in [0.25, 0.3) is 0 Å². The van der Waals surface area contributed by atoms with Gasteiger partial charge in [-0.25, -0.2) is 0 Å². The van der Waals surface area contributed by atoms with Crippen molar-refractivity contribution in [2.75, 3.05) is 34.5 Å². The van der Waals surface area contributed by atoms with Gasteiger partial charge in [0.2, 0.25) is 6.79 Å². The molecule has 0 spiro atoms. The first-order valence-electron chi connectivity index (χ1n) is 9.67. The van der Waals surface area contributed by atoms with Gasteiger partial charge in [-0.05, 0) is 50.6 Å². The van der Waals surface area contributed by atoms with Crippen molar-refractivity contribution < 1.29 is 9.47 Å². The summed E-state index contributed by atoms with van der Waals surface area (Å²) in [6.45, 7) is 1.92. The normalized spacial score (nSPS) is 18.8. The number of benzene rings is 1. The zero-order valence-electron chi connectivity index (χ0n) is 16.3. The Hall–Kier alpha value is -1.95. The van der Waals surface area contributed by atoms with E-state index in [2.05, 4.69) is 40.7 Å². The highest BCUT2D eigenvalue weighted by molar-refractivity contribution is 5.79. The van der Waals surface area contributed by atoms with Gasteiger partial charge in [0.1, 0.15) is 0 Å². The van der Waals surface area contributed by atoms with Gasteiger partial charge in [0.25, 0.3) is 0 Å². The Morgan fingerprint density at radius 2 is 1.92 bits per heavy atom. The summed E-state index contributed by atoms with van der Waals surface area (Å²) in [5.41, 5.74) is 1.15. The molecule has 1 fully saturated rings. The molecule has 0 saturated heterocycles. The van der Waals surface area contributed by atoms with Gasteiger partial charge < -0.3 is 25.0 Å². The minimum absolute atomic E-state index is 0.308. The molecule has 0 radical (unpaired) electrons. The highest BCUT2D eigenvalue weighted by Gasteiger charge is 2.25. The molecule has 2 N–H and O–H groups in total. The van der Waals surface area contributed by atoms with Gasteiger partial charge in [0.05, 0.1) is 0 Å². The summed E-state index contributed by atoms with van der Waals surface area (Å²) in [5.74, 6) is 3.25. The van der Waals surface area contributed by atoms with Crippen molar-refractivity contribution in [1.82, 2.24) is 15.5 Å². The van der Waals surface area contributed by atoms with Gasteiger partial charge in [0, 0.05) is 26.2 Å². The van der Waals surface area contributed by atoms with E-state index in [9.17, 15) is 0 Å². The topological polar surface area (TPSA) is 58.1 Å². The molecule has 0 amide bonds. The molecule has 26 heavy (non-hydrogen) atoms. The van der Waals surface area contributed by atoms with Crippen molar-refractivity contribution in [2.45, 2.75) is 44.7 Å². The van der Waals surface area contributed by atoms with E-state index in [1.54, 1.807) is 0 Å². The van der Waals surface area contributed by atoms with E-state index >= 15 is 0 Å². The molecule has 1 aliphatic carbocycles. The van der Waals surface area contributed by atoms with Crippen LogP contribution < -0.4 is 20.1 Å². The standard InChI is InChI=1S/C20H32N4O2/c1-21-20(22-12-15-9-10-18-19(11-15)26-14-25-18)23-13-17(24(2)3)16-7-5-4-6-8-16/h9-11,16-17H,4-8,12-14H2,1-3H3,(H2,21,22,23). The number of ether oxygens (including phenoxy) is 2. The Balaban J connectivity index is 1.50. The average molecular weight is 361 g/mol. The van der Waals surface area contributed by atoms with Crippen LogP contribution in [-0.2, 0) is 6.54 Å². The van der Waals surface area contributed by atoms with Gasteiger partial charge in [0.15, 0.2) is 17.5 Å². The van der Waals surface area contributed by atoms with Crippen molar-refractivity contribution in [3.05, 3.63) is 23.8 Å². The molecule has 1 atom stereocenters. The maximum atomic E-state index is 5.44. The molecule has 3 rings (SSSR count). The molecule has 6 heteroatoms. The van der Waals surface area contributed by atoms with Crippen molar-refractivity contribution in [2.24, 2.45) is 10.9 Å². The summed E-state index contributed by atoms with van der Waals surface area (Å²) in [4.78, 5) is 6.73. The Kier molecular flexibility index (Phi) is 6.61. The molecular formula is C20H32N4O2. The SMILES string of the molecule is CN=C(NCc1ccc2c(c1)OCO2)NCC(C1CCCCC1)N(C)C. The zero-order valence-corrected chi connectivity index (χ0v) is 16.3. The van der Waals surface area contributed by atoms with Gasteiger partial charge in [-0.15, -0.1) is 0 Å². The number of guanidine groups is 1. The van der Waals surface area contributed by atoms with E-state index < -0.39 is 0 Å². The first-order chi connectivity index (χ1) is 12.7. The van der Waals surface area contributed by atoms with Crippen LogP contribution in [0, 0.1) is 5.92 Å². The van der Waals surface area contributed by atoms with Crippen molar-refractivity contribution in [1.29, 1.82) is 0 Å². The third-order valence-corrected chi connectivity index (χ3v) is 5.46. The molecule has 2 aliphatic rings. The third-order valence-electron chi connectivity index (χ3n) is 5.46. The lowest BCUT2D eigenvalue weighted by molar-refractivity contribution is 0.171. The smallest absolute Gasteiger partial charge is 0.231 e. The molecule has 1 aromatic rings. The Bertz CT molecular complexity index is 612. The Labute approximate surface area is 157 Å². The Morgan fingerprint density at radius 1 is 1.15 bits per heavy atom. The molecule has 1 heterocycles. The summed E-state index contributed by atoms with van der Waals surface area (Å²) in [6, 6.07) is 6.58. The fourth-order valence-electron chi connectivity index (χ4n) is 3.95. The molecule has 1 aliphatic heterocycles. The number of aliphatic imine (C=N–C) groups is 1. The first kappa shape index (κ1) is 18.8. The number of nitrogens with zero attached hydrogens (tertiary/aromatic N) is 2.